The topological polar surface area (TPSA) is 109 Å². The summed E-state index contributed by atoms with van der Waals surface area (Å²) in [5.41, 5.74) is 1.12. The number of phenols is 1. The second-order valence-electron chi connectivity index (χ2n) is 6.86. The van der Waals surface area contributed by atoms with Crippen molar-refractivity contribution in [1.29, 1.82) is 0 Å². The summed E-state index contributed by atoms with van der Waals surface area (Å²) in [4.78, 5) is 27.0. The maximum absolute atomic E-state index is 12.0. The van der Waals surface area contributed by atoms with Gasteiger partial charge in [-0.25, -0.2) is 4.79 Å². The Morgan fingerprint density at radius 3 is 2.42 bits per heavy atom. The molecule has 0 bridgehead atoms. The molecule has 0 saturated carbocycles. The van der Waals surface area contributed by atoms with E-state index in [0.29, 0.717) is 35.8 Å². The molecule has 0 spiro atoms. The van der Waals surface area contributed by atoms with Crippen LogP contribution in [0.3, 0.4) is 0 Å². The second-order valence-corrected chi connectivity index (χ2v) is 6.86. The maximum atomic E-state index is 12.0. The van der Waals surface area contributed by atoms with E-state index in [9.17, 15) is 14.7 Å². The molecule has 2 amide bonds. The summed E-state index contributed by atoms with van der Waals surface area (Å²) in [6.07, 6.45) is 4.74. The van der Waals surface area contributed by atoms with Crippen LogP contribution in [0.4, 0.5) is 10.5 Å². The molecule has 0 aliphatic carbocycles. The smallest absolute Gasteiger partial charge is 0.412 e. The lowest BCUT2D eigenvalue weighted by Crippen LogP contribution is -2.27. The summed E-state index contributed by atoms with van der Waals surface area (Å²) in [6.45, 7) is 2.70. The van der Waals surface area contributed by atoms with Gasteiger partial charge in [-0.2, -0.15) is 0 Å². The highest BCUT2D eigenvalue weighted by Gasteiger charge is 2.08. The lowest BCUT2D eigenvalue weighted by molar-refractivity contribution is -0.118. The number of nitrogens with zero attached hydrogens (tertiary/aromatic N) is 1. The van der Waals surface area contributed by atoms with Gasteiger partial charge in [0, 0.05) is 37.9 Å². The number of ether oxygens (including phenoxy) is 2. The third kappa shape index (κ3) is 8.77. The van der Waals surface area contributed by atoms with Gasteiger partial charge < -0.3 is 25.2 Å². The van der Waals surface area contributed by atoms with Gasteiger partial charge in [0.1, 0.15) is 22.9 Å². The molecule has 166 valence electrons. The van der Waals surface area contributed by atoms with Crippen molar-refractivity contribution in [3.63, 3.8) is 0 Å². The van der Waals surface area contributed by atoms with Crippen LogP contribution < -0.4 is 20.1 Å². The first-order chi connectivity index (χ1) is 15.0. The summed E-state index contributed by atoms with van der Waals surface area (Å²) in [7, 11) is 1.52. The van der Waals surface area contributed by atoms with E-state index in [2.05, 4.69) is 15.6 Å². The third-order valence-corrected chi connectivity index (χ3v) is 4.39. The van der Waals surface area contributed by atoms with Crippen molar-refractivity contribution in [2.45, 2.75) is 32.6 Å². The van der Waals surface area contributed by atoms with Crippen LogP contribution in [-0.4, -0.2) is 43.5 Å². The van der Waals surface area contributed by atoms with E-state index < -0.39 is 6.09 Å². The summed E-state index contributed by atoms with van der Waals surface area (Å²) in [5.74, 6) is 0.909. The molecule has 2 aromatic carbocycles. The van der Waals surface area contributed by atoms with Crippen molar-refractivity contribution in [2.75, 3.05) is 20.2 Å². The summed E-state index contributed by atoms with van der Waals surface area (Å²) in [6, 6.07) is 11.7. The first-order valence-corrected chi connectivity index (χ1v) is 10.2. The Kier molecular flexibility index (Phi) is 9.87. The molecule has 0 saturated heterocycles. The fraction of sp³-hybridized carbons (Fsp3) is 0.348. The highest BCUT2D eigenvalue weighted by atomic mass is 16.6. The molecule has 3 N–H and O–H groups in total. The van der Waals surface area contributed by atoms with Crippen molar-refractivity contribution in [3.05, 3.63) is 48.0 Å². The van der Waals surface area contributed by atoms with Crippen LogP contribution in [0.1, 0.15) is 38.2 Å². The van der Waals surface area contributed by atoms with Gasteiger partial charge in [0.05, 0.1) is 7.11 Å². The second kappa shape index (κ2) is 12.9. The van der Waals surface area contributed by atoms with Crippen LogP contribution in [0.25, 0.3) is 0 Å². The normalized spacial score (nSPS) is 10.6. The molecule has 0 aromatic heterocycles. The van der Waals surface area contributed by atoms with E-state index in [0.717, 1.165) is 25.7 Å². The maximum Gasteiger partial charge on any atom is 0.412 e. The molecular weight excluding hydrogens is 398 g/mol. The van der Waals surface area contributed by atoms with E-state index in [1.54, 1.807) is 48.7 Å². The van der Waals surface area contributed by atoms with Crippen molar-refractivity contribution >= 4 is 23.9 Å². The lowest BCUT2D eigenvalue weighted by atomic mass is 10.2. The summed E-state index contributed by atoms with van der Waals surface area (Å²) >= 11 is 0. The first-order valence-electron chi connectivity index (χ1n) is 10.2. The van der Waals surface area contributed by atoms with Gasteiger partial charge in [0.2, 0.25) is 5.91 Å². The first kappa shape index (κ1) is 23.7. The van der Waals surface area contributed by atoms with E-state index in [1.807, 2.05) is 0 Å². The Labute approximate surface area is 182 Å². The molecule has 0 atom stereocenters. The minimum Gasteiger partial charge on any atom is -0.506 e. The van der Waals surface area contributed by atoms with E-state index in [-0.39, 0.29) is 11.7 Å². The lowest BCUT2D eigenvalue weighted by Gasteiger charge is -2.10. The van der Waals surface area contributed by atoms with Crippen molar-refractivity contribution in [2.24, 2.45) is 4.99 Å². The highest BCUT2D eigenvalue weighted by molar-refractivity contribution is 5.86. The van der Waals surface area contributed by atoms with Crippen molar-refractivity contribution < 1.29 is 24.2 Å². The monoisotopic (exact) mass is 427 g/mol. The molecule has 2 rings (SSSR count). The molecule has 2 aromatic rings. The Hall–Kier alpha value is -3.55. The van der Waals surface area contributed by atoms with E-state index >= 15 is 0 Å². The number of unbranched alkanes of at least 4 members (excludes halogenated alkanes) is 3. The number of benzene rings is 2. The number of nitrogens with one attached hydrogen (secondary N) is 2. The van der Waals surface area contributed by atoms with Gasteiger partial charge in [-0.15, -0.1) is 0 Å². The SMILES string of the molecule is COc1cc(OC(=O)NCCCCCCNC(C)=O)ccc1C=Nc1ccccc1O. The molecular formula is C23H29N3O5. The van der Waals surface area contributed by atoms with Crippen LogP contribution in [0.5, 0.6) is 17.2 Å². The number of para-hydroxylation sites is 2. The quantitative estimate of drug-likeness (QED) is 0.372. The molecule has 8 heteroatoms. The fourth-order valence-electron chi connectivity index (χ4n) is 2.78. The van der Waals surface area contributed by atoms with Crippen LogP contribution in [0.15, 0.2) is 47.5 Å². The van der Waals surface area contributed by atoms with Gasteiger partial charge >= 0.3 is 6.09 Å². The van der Waals surface area contributed by atoms with Crippen LogP contribution in [0.2, 0.25) is 0 Å². The number of carbonyl (C=O) groups is 2. The van der Waals surface area contributed by atoms with Gasteiger partial charge in [-0.3, -0.25) is 9.79 Å². The molecule has 0 aliphatic rings. The predicted molar refractivity (Wildman–Crippen MR) is 120 cm³/mol. The minimum absolute atomic E-state index is 0.0168. The zero-order valence-corrected chi connectivity index (χ0v) is 17.9. The zero-order valence-electron chi connectivity index (χ0n) is 17.9. The number of phenolic OH excluding ortho intramolecular Hbond substituents is 1. The van der Waals surface area contributed by atoms with Crippen LogP contribution >= 0.6 is 0 Å². The van der Waals surface area contributed by atoms with Gasteiger partial charge in [-0.1, -0.05) is 25.0 Å². The number of aromatic hydroxyl groups is 1. The average Bonchev–Trinajstić information content (AvgIpc) is 2.75. The molecule has 0 aliphatic heterocycles. The number of hydrogen-bond acceptors (Lipinski definition) is 6. The highest BCUT2D eigenvalue weighted by Crippen LogP contribution is 2.27. The Bertz CT molecular complexity index is 899. The zero-order chi connectivity index (χ0) is 22.5. The summed E-state index contributed by atoms with van der Waals surface area (Å²) in [5, 5.41) is 15.3. The largest absolute Gasteiger partial charge is 0.506 e. The summed E-state index contributed by atoms with van der Waals surface area (Å²) < 4.78 is 10.7. The molecule has 0 fully saturated rings. The fourth-order valence-corrected chi connectivity index (χ4v) is 2.78. The van der Waals surface area contributed by atoms with Crippen molar-refractivity contribution in [1.82, 2.24) is 10.6 Å². The Morgan fingerprint density at radius 2 is 1.74 bits per heavy atom. The van der Waals surface area contributed by atoms with Gasteiger partial charge in [-0.05, 0) is 37.1 Å². The van der Waals surface area contributed by atoms with Crippen LogP contribution in [-0.2, 0) is 4.79 Å². The van der Waals surface area contributed by atoms with E-state index in [4.69, 9.17) is 9.47 Å². The van der Waals surface area contributed by atoms with Gasteiger partial charge in [0.15, 0.2) is 0 Å². The van der Waals surface area contributed by atoms with Crippen LogP contribution in [0, 0.1) is 0 Å². The number of rotatable bonds is 11. The molecule has 0 radical (unpaired) electrons. The molecule has 0 heterocycles. The minimum atomic E-state index is -0.532. The number of amides is 2. The van der Waals surface area contributed by atoms with E-state index in [1.165, 1.54) is 14.0 Å². The molecule has 31 heavy (non-hydrogen) atoms. The standard InChI is InChI=1S/C23H29N3O5/c1-17(27)24-13-7-3-4-8-14-25-23(29)31-19-12-11-18(22(15-19)30-2)16-26-20-9-5-6-10-21(20)28/h5-6,9-12,15-16,28H,3-4,7-8,13-14H2,1-2H3,(H,24,27)(H,25,29). The number of hydrogen-bond donors (Lipinski definition) is 3. The van der Waals surface area contributed by atoms with Crippen molar-refractivity contribution in [3.8, 4) is 17.2 Å². The molecule has 8 nitrogen and oxygen atoms in total. The predicted octanol–water partition coefficient (Wildman–Crippen LogP) is 3.94. The Morgan fingerprint density at radius 1 is 1.03 bits per heavy atom. The number of methoxy groups -OCH3 is 1. The third-order valence-electron chi connectivity index (χ3n) is 4.39. The Balaban J connectivity index is 1.78. The van der Waals surface area contributed by atoms with Gasteiger partial charge in [0.25, 0.3) is 0 Å². The number of aliphatic imine (C=N–C) groups is 1. The number of carbonyl (C=O) groups excluding carboxylic acids is 2. The molecule has 0 unspecified atom stereocenters. The average molecular weight is 428 g/mol.